The second-order valence-electron chi connectivity index (χ2n) is 5.50. The van der Waals surface area contributed by atoms with Crippen LogP contribution in [-0.4, -0.2) is 52.3 Å². The average molecular weight is 303 g/mol. The number of nitrogens with zero attached hydrogens (tertiary/aromatic N) is 2. The first-order chi connectivity index (χ1) is 10.1. The zero-order valence-corrected chi connectivity index (χ0v) is 12.4. The number of thiocarbonyl (C=S) groups is 1. The first-order valence-electron chi connectivity index (χ1n) is 7.05. The number of benzene rings is 1. The Morgan fingerprint density at radius 2 is 1.67 bits per heavy atom. The smallest absolute Gasteiger partial charge is 0.261 e. The lowest BCUT2D eigenvalue weighted by Crippen LogP contribution is -2.48. The number of hydrogen-bond donors (Lipinski definition) is 1. The van der Waals surface area contributed by atoms with Crippen LogP contribution in [0, 0.1) is 0 Å². The number of rotatable bonds is 3. The second-order valence-corrected chi connectivity index (χ2v) is 6.02. The molecule has 5 nitrogen and oxygen atoms in total. The Morgan fingerprint density at radius 3 is 2.14 bits per heavy atom. The van der Waals surface area contributed by atoms with Gasteiger partial charge in [0.05, 0.1) is 16.1 Å². The van der Waals surface area contributed by atoms with E-state index in [1.807, 2.05) is 0 Å². The highest BCUT2D eigenvalue weighted by Crippen LogP contribution is 2.28. The molecule has 1 fully saturated rings. The molecule has 0 radical (unpaired) electrons. The number of imide groups is 1. The Labute approximate surface area is 128 Å². The van der Waals surface area contributed by atoms with E-state index in [1.165, 1.54) is 4.90 Å². The number of carbonyl (C=O) groups is 2. The largest absolute Gasteiger partial charge is 0.392 e. The molecule has 2 N–H and O–H groups in total. The highest BCUT2D eigenvalue weighted by Gasteiger charge is 2.40. The van der Waals surface area contributed by atoms with E-state index < -0.39 is 0 Å². The molecule has 2 aliphatic rings. The van der Waals surface area contributed by atoms with Crippen LogP contribution in [0.4, 0.5) is 0 Å². The number of nitrogens with two attached hydrogens (primary N) is 1. The SMILES string of the molecule is NC(=S)CN1CCC(N2C(=O)c3ccccc3C2=O)CC1. The summed E-state index contributed by atoms with van der Waals surface area (Å²) in [5.41, 5.74) is 6.60. The fourth-order valence-corrected chi connectivity index (χ4v) is 3.28. The zero-order valence-electron chi connectivity index (χ0n) is 11.6. The third-order valence-electron chi connectivity index (χ3n) is 4.13. The van der Waals surface area contributed by atoms with Gasteiger partial charge in [-0.1, -0.05) is 24.4 Å². The van der Waals surface area contributed by atoms with Gasteiger partial charge in [-0.05, 0) is 25.0 Å². The molecular formula is C15H17N3O2S. The molecule has 0 saturated carbocycles. The molecule has 0 bridgehead atoms. The number of likely N-dealkylation sites (tertiary alicyclic amines) is 1. The molecule has 0 unspecified atom stereocenters. The van der Waals surface area contributed by atoms with Crippen molar-refractivity contribution in [2.45, 2.75) is 18.9 Å². The van der Waals surface area contributed by atoms with E-state index in [0.29, 0.717) is 22.7 Å². The predicted octanol–water partition coefficient (Wildman–Crippen LogP) is 1.03. The maximum Gasteiger partial charge on any atom is 0.261 e. The summed E-state index contributed by atoms with van der Waals surface area (Å²) in [7, 11) is 0. The Kier molecular flexibility index (Phi) is 3.73. The van der Waals surface area contributed by atoms with Crippen molar-refractivity contribution in [1.82, 2.24) is 9.80 Å². The van der Waals surface area contributed by atoms with Crippen molar-refractivity contribution < 1.29 is 9.59 Å². The second kappa shape index (κ2) is 5.54. The topological polar surface area (TPSA) is 66.6 Å². The Morgan fingerprint density at radius 1 is 1.14 bits per heavy atom. The third-order valence-corrected chi connectivity index (χ3v) is 4.26. The molecule has 2 aliphatic heterocycles. The van der Waals surface area contributed by atoms with Crippen molar-refractivity contribution in [3.05, 3.63) is 35.4 Å². The third kappa shape index (κ3) is 2.56. The van der Waals surface area contributed by atoms with Crippen LogP contribution in [-0.2, 0) is 0 Å². The lowest BCUT2D eigenvalue weighted by molar-refractivity contribution is 0.0511. The summed E-state index contributed by atoms with van der Waals surface area (Å²) < 4.78 is 0. The lowest BCUT2D eigenvalue weighted by Gasteiger charge is -2.35. The van der Waals surface area contributed by atoms with E-state index in [0.717, 1.165) is 25.9 Å². The van der Waals surface area contributed by atoms with Crippen LogP contribution in [0.1, 0.15) is 33.6 Å². The van der Waals surface area contributed by atoms with Gasteiger partial charge in [0.15, 0.2) is 0 Å². The van der Waals surface area contributed by atoms with E-state index in [4.69, 9.17) is 18.0 Å². The van der Waals surface area contributed by atoms with E-state index in [-0.39, 0.29) is 17.9 Å². The monoisotopic (exact) mass is 303 g/mol. The van der Waals surface area contributed by atoms with Gasteiger partial charge in [-0.3, -0.25) is 19.4 Å². The van der Waals surface area contributed by atoms with Gasteiger partial charge in [0, 0.05) is 25.7 Å². The van der Waals surface area contributed by atoms with Crippen molar-refractivity contribution in [2.24, 2.45) is 5.73 Å². The molecule has 1 saturated heterocycles. The molecule has 3 rings (SSSR count). The number of piperidine rings is 1. The van der Waals surface area contributed by atoms with Crippen molar-refractivity contribution in [3.8, 4) is 0 Å². The number of fused-ring (bicyclic) bond motifs is 1. The van der Waals surface area contributed by atoms with Crippen LogP contribution in [0.25, 0.3) is 0 Å². The molecule has 21 heavy (non-hydrogen) atoms. The fourth-order valence-electron chi connectivity index (χ4n) is 3.10. The molecule has 0 spiro atoms. The maximum absolute atomic E-state index is 12.4. The standard InChI is InChI=1S/C15H17N3O2S/c16-13(21)9-17-7-5-10(6-8-17)18-14(19)11-3-1-2-4-12(11)15(18)20/h1-4,10H,5-9H2,(H2,16,21). The summed E-state index contributed by atoms with van der Waals surface area (Å²) in [5, 5.41) is 0. The van der Waals surface area contributed by atoms with Gasteiger partial charge >= 0.3 is 0 Å². The van der Waals surface area contributed by atoms with Crippen molar-refractivity contribution in [1.29, 1.82) is 0 Å². The first-order valence-corrected chi connectivity index (χ1v) is 7.46. The number of hydrogen-bond acceptors (Lipinski definition) is 4. The minimum absolute atomic E-state index is 0.0278. The maximum atomic E-state index is 12.4. The van der Waals surface area contributed by atoms with Gasteiger partial charge in [0.1, 0.15) is 0 Å². The summed E-state index contributed by atoms with van der Waals surface area (Å²) in [5.74, 6) is -0.327. The summed E-state index contributed by atoms with van der Waals surface area (Å²) >= 11 is 4.92. The van der Waals surface area contributed by atoms with Crippen LogP contribution in [0.15, 0.2) is 24.3 Å². The fraction of sp³-hybridized carbons (Fsp3) is 0.400. The highest BCUT2D eigenvalue weighted by molar-refractivity contribution is 7.80. The van der Waals surface area contributed by atoms with Gasteiger partial charge in [-0.15, -0.1) is 0 Å². The first kappa shape index (κ1) is 14.2. The molecule has 2 heterocycles. The Bertz CT molecular complexity index is 574. The van der Waals surface area contributed by atoms with E-state index in [1.54, 1.807) is 24.3 Å². The quantitative estimate of drug-likeness (QED) is 0.667. The predicted molar refractivity (Wildman–Crippen MR) is 83.2 cm³/mol. The summed E-state index contributed by atoms with van der Waals surface area (Å²) in [6, 6.07) is 6.99. The van der Waals surface area contributed by atoms with E-state index in [2.05, 4.69) is 4.90 Å². The molecular weight excluding hydrogens is 286 g/mol. The van der Waals surface area contributed by atoms with Gasteiger partial charge in [-0.2, -0.15) is 0 Å². The van der Waals surface area contributed by atoms with Gasteiger partial charge in [-0.25, -0.2) is 0 Å². The molecule has 6 heteroatoms. The van der Waals surface area contributed by atoms with Crippen molar-refractivity contribution in [2.75, 3.05) is 19.6 Å². The van der Waals surface area contributed by atoms with Crippen LogP contribution in [0.2, 0.25) is 0 Å². The summed E-state index contributed by atoms with van der Waals surface area (Å²) in [6.45, 7) is 2.20. The van der Waals surface area contributed by atoms with Gasteiger partial charge < -0.3 is 5.73 Å². The van der Waals surface area contributed by atoms with E-state index in [9.17, 15) is 9.59 Å². The minimum atomic E-state index is -0.164. The molecule has 0 aliphatic carbocycles. The van der Waals surface area contributed by atoms with Crippen LogP contribution < -0.4 is 5.73 Å². The molecule has 0 atom stereocenters. The van der Waals surface area contributed by atoms with Crippen LogP contribution in [0.5, 0.6) is 0 Å². The zero-order chi connectivity index (χ0) is 15.0. The van der Waals surface area contributed by atoms with Crippen LogP contribution >= 0.6 is 12.2 Å². The number of carbonyl (C=O) groups excluding carboxylic acids is 2. The molecule has 2 amide bonds. The normalized spacial score (nSPS) is 19.9. The van der Waals surface area contributed by atoms with Crippen molar-refractivity contribution in [3.63, 3.8) is 0 Å². The van der Waals surface area contributed by atoms with Crippen molar-refractivity contribution >= 4 is 29.0 Å². The van der Waals surface area contributed by atoms with E-state index >= 15 is 0 Å². The minimum Gasteiger partial charge on any atom is -0.392 e. The summed E-state index contributed by atoms with van der Waals surface area (Å²) in [4.78, 5) is 28.9. The average Bonchev–Trinajstić information content (AvgIpc) is 2.72. The van der Waals surface area contributed by atoms with Gasteiger partial charge in [0.25, 0.3) is 11.8 Å². The molecule has 0 aromatic heterocycles. The highest BCUT2D eigenvalue weighted by atomic mass is 32.1. The summed E-state index contributed by atoms with van der Waals surface area (Å²) in [6.07, 6.45) is 1.54. The number of amides is 2. The van der Waals surface area contributed by atoms with Gasteiger partial charge in [0.2, 0.25) is 0 Å². The van der Waals surface area contributed by atoms with Crippen LogP contribution in [0.3, 0.4) is 0 Å². The molecule has 110 valence electrons. The lowest BCUT2D eigenvalue weighted by atomic mass is 10.0. The Hall–Kier alpha value is -1.79. The molecule has 1 aromatic carbocycles. The Balaban J connectivity index is 1.71. The molecule has 1 aromatic rings.